The Hall–Kier alpha value is -0.660. The van der Waals surface area contributed by atoms with Gasteiger partial charge in [-0.3, -0.25) is 4.79 Å². The molecule has 0 unspecified atom stereocenters. The zero-order valence-electron chi connectivity index (χ0n) is 13.4. The number of rotatable bonds is 8. The Morgan fingerprint density at radius 2 is 1.95 bits per heavy atom. The molecule has 21 heavy (non-hydrogen) atoms. The van der Waals surface area contributed by atoms with Crippen LogP contribution in [0.5, 0.6) is 0 Å². The molecule has 1 amide bonds. The van der Waals surface area contributed by atoms with E-state index in [0.717, 1.165) is 25.9 Å². The van der Waals surface area contributed by atoms with Crippen molar-refractivity contribution in [1.29, 1.82) is 0 Å². The van der Waals surface area contributed by atoms with Crippen molar-refractivity contribution in [1.82, 2.24) is 14.9 Å². The van der Waals surface area contributed by atoms with E-state index in [2.05, 4.69) is 10.6 Å². The van der Waals surface area contributed by atoms with E-state index in [1.54, 1.807) is 0 Å². The van der Waals surface area contributed by atoms with Crippen molar-refractivity contribution in [2.45, 2.75) is 33.1 Å². The number of amides is 1. The molecule has 1 fully saturated rings. The van der Waals surface area contributed by atoms with Crippen LogP contribution in [0.2, 0.25) is 0 Å². The third-order valence-electron chi connectivity index (χ3n) is 3.79. The van der Waals surface area contributed by atoms with Crippen LogP contribution in [0.4, 0.5) is 0 Å². The van der Waals surface area contributed by atoms with Gasteiger partial charge in [0.15, 0.2) is 0 Å². The van der Waals surface area contributed by atoms with Gasteiger partial charge in [-0.25, -0.2) is 8.42 Å². The molecule has 1 aliphatic rings. The molecule has 124 valence electrons. The maximum atomic E-state index is 12.2. The summed E-state index contributed by atoms with van der Waals surface area (Å²) in [6, 6.07) is 0. The fourth-order valence-electron chi connectivity index (χ4n) is 2.32. The van der Waals surface area contributed by atoms with E-state index in [9.17, 15) is 13.2 Å². The van der Waals surface area contributed by atoms with E-state index in [0.29, 0.717) is 24.8 Å². The number of hydrogen-bond donors (Lipinski definition) is 2. The molecule has 0 aromatic heterocycles. The van der Waals surface area contributed by atoms with Crippen LogP contribution in [0.3, 0.4) is 0 Å². The Morgan fingerprint density at radius 3 is 2.52 bits per heavy atom. The molecule has 0 saturated carbocycles. The number of likely N-dealkylation sites (N-methyl/N-ethyl adjacent to an activating group) is 1. The van der Waals surface area contributed by atoms with Crippen LogP contribution in [0.1, 0.15) is 33.1 Å². The van der Waals surface area contributed by atoms with Gasteiger partial charge in [0.05, 0.1) is 12.3 Å². The summed E-state index contributed by atoms with van der Waals surface area (Å²) in [7, 11) is -1.86. The van der Waals surface area contributed by atoms with Crippen molar-refractivity contribution in [3.63, 3.8) is 0 Å². The predicted octanol–water partition coefficient (Wildman–Crippen LogP) is 0.410. The number of hydrogen-bond acceptors (Lipinski definition) is 4. The summed E-state index contributed by atoms with van der Waals surface area (Å²) < 4.78 is 25.5. The lowest BCUT2D eigenvalue weighted by Crippen LogP contribution is -2.40. The maximum Gasteiger partial charge on any atom is 0.235 e. The van der Waals surface area contributed by atoms with Gasteiger partial charge >= 0.3 is 0 Å². The molecular weight excluding hydrogens is 290 g/mol. The molecule has 1 heterocycles. The van der Waals surface area contributed by atoms with Crippen molar-refractivity contribution in [2.75, 3.05) is 39.0 Å². The monoisotopic (exact) mass is 319 g/mol. The summed E-state index contributed by atoms with van der Waals surface area (Å²) in [4.78, 5) is 11.7. The number of carbonyl (C=O) groups is 1. The zero-order chi connectivity index (χ0) is 15.9. The summed E-state index contributed by atoms with van der Waals surface area (Å²) in [5, 5.41) is 6.01. The Morgan fingerprint density at radius 1 is 1.33 bits per heavy atom. The first-order valence-electron chi connectivity index (χ1n) is 7.72. The van der Waals surface area contributed by atoms with Gasteiger partial charge in [0.25, 0.3) is 0 Å². The molecular formula is C14H29N3O3S. The Kier molecular flexibility index (Phi) is 7.62. The second-order valence-electron chi connectivity index (χ2n) is 6.25. The quantitative estimate of drug-likeness (QED) is 0.679. The Labute approximate surface area is 128 Å². The van der Waals surface area contributed by atoms with Gasteiger partial charge in [0.2, 0.25) is 15.9 Å². The van der Waals surface area contributed by atoms with Gasteiger partial charge < -0.3 is 10.6 Å². The number of nitrogens with one attached hydrogen (secondary N) is 2. The largest absolute Gasteiger partial charge is 0.355 e. The summed E-state index contributed by atoms with van der Waals surface area (Å²) in [5.41, 5.74) is 0. The first kappa shape index (κ1) is 18.4. The summed E-state index contributed by atoms with van der Waals surface area (Å²) in [6.45, 7) is 6.42. The van der Waals surface area contributed by atoms with E-state index >= 15 is 0 Å². The fraction of sp³-hybridized carbons (Fsp3) is 0.929. The highest BCUT2D eigenvalue weighted by Crippen LogP contribution is 2.17. The zero-order valence-corrected chi connectivity index (χ0v) is 14.2. The van der Waals surface area contributed by atoms with Crippen LogP contribution in [0, 0.1) is 11.8 Å². The van der Waals surface area contributed by atoms with Crippen molar-refractivity contribution in [3.8, 4) is 0 Å². The standard InChI is InChI=1S/C14H29N3O3S/c1-12(2)10-16-14(18)11-17(3)21(19,20)9-6-13-4-7-15-8-5-13/h12-13,15H,4-11H2,1-3H3,(H,16,18). The predicted molar refractivity (Wildman–Crippen MR) is 84.5 cm³/mol. The van der Waals surface area contributed by atoms with Gasteiger partial charge in [-0.2, -0.15) is 4.31 Å². The number of nitrogens with zero attached hydrogens (tertiary/aromatic N) is 1. The second kappa shape index (κ2) is 8.70. The average molecular weight is 319 g/mol. The molecule has 2 N–H and O–H groups in total. The highest BCUT2D eigenvalue weighted by Gasteiger charge is 2.23. The lowest BCUT2D eigenvalue weighted by atomic mass is 9.96. The molecule has 0 atom stereocenters. The van der Waals surface area contributed by atoms with E-state index < -0.39 is 10.0 Å². The lowest BCUT2D eigenvalue weighted by Gasteiger charge is -2.23. The fourth-order valence-corrected chi connectivity index (χ4v) is 3.57. The van der Waals surface area contributed by atoms with Crippen LogP contribution in [0.25, 0.3) is 0 Å². The second-order valence-corrected chi connectivity index (χ2v) is 8.45. The van der Waals surface area contributed by atoms with Gasteiger partial charge in [0, 0.05) is 13.6 Å². The van der Waals surface area contributed by atoms with Crippen LogP contribution in [-0.4, -0.2) is 57.6 Å². The van der Waals surface area contributed by atoms with Crippen LogP contribution in [0.15, 0.2) is 0 Å². The highest BCUT2D eigenvalue weighted by molar-refractivity contribution is 7.89. The number of carbonyl (C=O) groups excluding carboxylic acids is 1. The molecule has 0 aromatic carbocycles. The topological polar surface area (TPSA) is 78.5 Å². The van der Waals surface area contributed by atoms with Gasteiger partial charge in [-0.15, -0.1) is 0 Å². The minimum absolute atomic E-state index is 0.0960. The van der Waals surface area contributed by atoms with Crippen molar-refractivity contribution in [3.05, 3.63) is 0 Å². The summed E-state index contributed by atoms with van der Waals surface area (Å²) in [5.74, 6) is 0.725. The molecule has 0 bridgehead atoms. The van der Waals surface area contributed by atoms with E-state index in [4.69, 9.17) is 0 Å². The Balaban J connectivity index is 2.36. The van der Waals surface area contributed by atoms with E-state index in [-0.39, 0.29) is 18.2 Å². The van der Waals surface area contributed by atoms with E-state index in [1.807, 2.05) is 13.8 Å². The third kappa shape index (κ3) is 7.24. The molecule has 0 aromatic rings. The molecule has 0 radical (unpaired) electrons. The Bertz CT molecular complexity index is 417. The van der Waals surface area contributed by atoms with Crippen LogP contribution >= 0.6 is 0 Å². The molecule has 0 aliphatic carbocycles. The molecule has 1 aliphatic heterocycles. The molecule has 0 spiro atoms. The molecule has 7 heteroatoms. The van der Waals surface area contributed by atoms with Crippen LogP contribution in [-0.2, 0) is 14.8 Å². The van der Waals surface area contributed by atoms with Crippen molar-refractivity contribution in [2.24, 2.45) is 11.8 Å². The first-order valence-corrected chi connectivity index (χ1v) is 9.33. The minimum atomic E-state index is -3.34. The van der Waals surface area contributed by atoms with E-state index in [1.165, 1.54) is 11.4 Å². The van der Waals surface area contributed by atoms with Crippen molar-refractivity contribution >= 4 is 15.9 Å². The van der Waals surface area contributed by atoms with Crippen molar-refractivity contribution < 1.29 is 13.2 Å². The van der Waals surface area contributed by atoms with Gasteiger partial charge in [0.1, 0.15) is 0 Å². The number of sulfonamides is 1. The third-order valence-corrected chi connectivity index (χ3v) is 5.62. The summed E-state index contributed by atoms with van der Waals surface area (Å²) in [6.07, 6.45) is 2.75. The average Bonchev–Trinajstić information content (AvgIpc) is 2.44. The molecule has 1 saturated heterocycles. The highest BCUT2D eigenvalue weighted by atomic mass is 32.2. The minimum Gasteiger partial charge on any atom is -0.355 e. The summed E-state index contributed by atoms with van der Waals surface area (Å²) >= 11 is 0. The lowest BCUT2D eigenvalue weighted by molar-refractivity contribution is -0.121. The number of piperidine rings is 1. The SMILES string of the molecule is CC(C)CNC(=O)CN(C)S(=O)(=O)CCC1CCNCC1. The van der Waals surface area contributed by atoms with Crippen LogP contribution < -0.4 is 10.6 Å². The smallest absolute Gasteiger partial charge is 0.235 e. The normalized spacial score (nSPS) is 17.4. The molecule has 6 nitrogen and oxygen atoms in total. The van der Waals surface area contributed by atoms with Gasteiger partial charge in [-0.05, 0) is 44.2 Å². The molecule has 1 rings (SSSR count). The van der Waals surface area contributed by atoms with Gasteiger partial charge in [-0.1, -0.05) is 13.8 Å². The first-order chi connectivity index (χ1) is 9.81. The maximum absolute atomic E-state index is 12.2.